The van der Waals surface area contributed by atoms with E-state index in [1.165, 1.54) is 6.39 Å². The summed E-state index contributed by atoms with van der Waals surface area (Å²) < 4.78 is 11.0. The van der Waals surface area contributed by atoms with Gasteiger partial charge in [0.15, 0.2) is 5.76 Å². The Morgan fingerprint density at radius 3 is 2.55 bits per heavy atom. The zero-order valence-electron chi connectivity index (χ0n) is 15.9. The number of halogens is 1. The smallest absolute Gasteiger partial charge is 0.230 e. The number of fused-ring (bicyclic) bond motifs is 1. The summed E-state index contributed by atoms with van der Waals surface area (Å²) in [4.78, 5) is 39.5. The molecule has 154 valence electrons. The standard InChI is InChI=1S/C22H14ClN3O5/c23-18-19(28)15-6-1-2-7-16(15)20(29)21(18)31-14-5-3-4-13(9-14)26-10-12(8-17(26)27)22-25-24-11-30-22/h1-7,9,11-12H,8,10H2. The second-order valence-electron chi connectivity index (χ2n) is 7.13. The number of aromatic nitrogens is 2. The molecule has 31 heavy (non-hydrogen) atoms. The topological polar surface area (TPSA) is 103 Å². The Hall–Kier alpha value is -3.78. The van der Waals surface area contributed by atoms with E-state index in [0.717, 1.165) is 0 Å². The Bertz CT molecular complexity index is 1250. The molecule has 1 atom stereocenters. The van der Waals surface area contributed by atoms with Crippen LogP contribution in [0.4, 0.5) is 5.69 Å². The molecular formula is C22H14ClN3O5. The number of hydrogen-bond acceptors (Lipinski definition) is 7. The van der Waals surface area contributed by atoms with Gasteiger partial charge in [0.05, 0.1) is 5.92 Å². The number of amides is 1. The molecule has 0 bridgehead atoms. The van der Waals surface area contributed by atoms with Gasteiger partial charge in [-0.05, 0) is 12.1 Å². The van der Waals surface area contributed by atoms with Gasteiger partial charge in [0.2, 0.25) is 29.8 Å². The fraction of sp³-hybridized carbons (Fsp3) is 0.136. The Morgan fingerprint density at radius 2 is 1.81 bits per heavy atom. The lowest BCUT2D eigenvalue weighted by Crippen LogP contribution is -2.25. The first-order chi connectivity index (χ1) is 15.0. The maximum absolute atomic E-state index is 12.8. The minimum absolute atomic E-state index is 0.101. The van der Waals surface area contributed by atoms with Crippen LogP contribution in [0.1, 0.15) is 38.9 Å². The predicted octanol–water partition coefficient (Wildman–Crippen LogP) is 3.50. The van der Waals surface area contributed by atoms with E-state index in [0.29, 0.717) is 18.1 Å². The molecule has 5 rings (SSSR count). The van der Waals surface area contributed by atoms with Crippen LogP contribution in [0.2, 0.25) is 0 Å². The van der Waals surface area contributed by atoms with Gasteiger partial charge in [0.25, 0.3) is 0 Å². The summed E-state index contributed by atoms with van der Waals surface area (Å²) >= 11 is 6.17. The first kappa shape index (κ1) is 19.2. The minimum Gasteiger partial charge on any atom is -0.451 e. The summed E-state index contributed by atoms with van der Waals surface area (Å²) in [6.45, 7) is 0.374. The Labute approximate surface area is 181 Å². The fourth-order valence-corrected chi connectivity index (χ4v) is 3.95. The number of rotatable bonds is 4. The van der Waals surface area contributed by atoms with Gasteiger partial charge in [-0.3, -0.25) is 14.4 Å². The Kier molecular flexibility index (Phi) is 4.63. The van der Waals surface area contributed by atoms with Crippen LogP contribution in [-0.2, 0) is 4.79 Å². The van der Waals surface area contributed by atoms with E-state index >= 15 is 0 Å². The first-order valence-corrected chi connectivity index (χ1v) is 9.83. The van der Waals surface area contributed by atoms with Crippen molar-refractivity contribution in [2.24, 2.45) is 0 Å². The summed E-state index contributed by atoms with van der Waals surface area (Å²) in [5, 5.41) is 7.27. The highest BCUT2D eigenvalue weighted by Crippen LogP contribution is 2.34. The number of benzene rings is 2. The summed E-state index contributed by atoms with van der Waals surface area (Å²) in [7, 11) is 0. The molecule has 8 nitrogen and oxygen atoms in total. The molecule has 1 saturated heterocycles. The molecule has 1 aromatic heterocycles. The number of ether oxygens (including phenoxy) is 1. The molecule has 1 unspecified atom stereocenters. The van der Waals surface area contributed by atoms with Gasteiger partial charge < -0.3 is 14.1 Å². The van der Waals surface area contributed by atoms with E-state index in [2.05, 4.69) is 10.2 Å². The molecule has 0 spiro atoms. The third kappa shape index (κ3) is 3.30. The molecule has 0 radical (unpaired) electrons. The summed E-state index contributed by atoms with van der Waals surface area (Å²) in [5.74, 6) is -0.801. The van der Waals surface area contributed by atoms with E-state index in [-0.39, 0.29) is 45.9 Å². The maximum Gasteiger partial charge on any atom is 0.230 e. The molecule has 3 aromatic rings. The molecule has 0 N–H and O–H groups in total. The SMILES string of the molecule is O=C1C(Cl)=C(Oc2cccc(N3CC(c4nnco4)CC3=O)c2)C(=O)c2ccccc21. The van der Waals surface area contributed by atoms with E-state index in [4.69, 9.17) is 20.8 Å². The van der Waals surface area contributed by atoms with Crippen LogP contribution in [0, 0.1) is 0 Å². The Balaban J connectivity index is 1.41. The molecular weight excluding hydrogens is 422 g/mol. The largest absolute Gasteiger partial charge is 0.451 e. The number of carbonyl (C=O) groups is 3. The second kappa shape index (κ2) is 7.48. The Morgan fingerprint density at radius 1 is 1.03 bits per heavy atom. The quantitative estimate of drug-likeness (QED) is 0.617. The second-order valence-corrected chi connectivity index (χ2v) is 7.51. The van der Waals surface area contributed by atoms with Crippen LogP contribution in [0.25, 0.3) is 0 Å². The number of Topliss-reactive ketones (excluding diaryl/α,β-unsaturated/α-hetero) is 2. The van der Waals surface area contributed by atoms with E-state index in [9.17, 15) is 14.4 Å². The van der Waals surface area contributed by atoms with Crippen molar-refractivity contribution in [3.05, 3.63) is 82.7 Å². The van der Waals surface area contributed by atoms with Crippen LogP contribution in [0.5, 0.6) is 5.75 Å². The van der Waals surface area contributed by atoms with E-state index < -0.39 is 11.6 Å². The lowest BCUT2D eigenvalue weighted by atomic mass is 9.93. The van der Waals surface area contributed by atoms with Crippen LogP contribution < -0.4 is 9.64 Å². The average Bonchev–Trinajstić information content (AvgIpc) is 3.45. The predicted molar refractivity (Wildman–Crippen MR) is 109 cm³/mol. The number of ketones is 2. The van der Waals surface area contributed by atoms with Crippen molar-refractivity contribution in [3.8, 4) is 5.75 Å². The van der Waals surface area contributed by atoms with Gasteiger partial charge in [-0.25, -0.2) is 0 Å². The van der Waals surface area contributed by atoms with Gasteiger partial charge in [-0.2, -0.15) is 0 Å². The van der Waals surface area contributed by atoms with Gasteiger partial charge in [0.1, 0.15) is 10.8 Å². The normalized spacial score (nSPS) is 18.5. The van der Waals surface area contributed by atoms with Crippen molar-refractivity contribution in [1.29, 1.82) is 0 Å². The van der Waals surface area contributed by atoms with Crippen molar-refractivity contribution in [3.63, 3.8) is 0 Å². The minimum atomic E-state index is -0.473. The van der Waals surface area contributed by atoms with Gasteiger partial charge >= 0.3 is 0 Å². The number of hydrogen-bond donors (Lipinski definition) is 0. The molecule has 1 aliphatic carbocycles. The van der Waals surface area contributed by atoms with Crippen molar-refractivity contribution in [2.75, 3.05) is 11.4 Å². The fourth-order valence-electron chi connectivity index (χ4n) is 3.73. The number of anilines is 1. The summed E-state index contributed by atoms with van der Waals surface area (Å²) in [5.41, 5.74) is 1.06. The molecule has 1 aliphatic heterocycles. The molecule has 2 aliphatic rings. The molecule has 9 heteroatoms. The maximum atomic E-state index is 12.8. The third-order valence-corrected chi connectivity index (χ3v) is 5.56. The third-order valence-electron chi connectivity index (χ3n) is 5.22. The molecule has 1 amide bonds. The number of carbonyl (C=O) groups excluding carboxylic acids is 3. The van der Waals surface area contributed by atoms with Gasteiger partial charge in [-0.1, -0.05) is 41.9 Å². The monoisotopic (exact) mass is 435 g/mol. The summed E-state index contributed by atoms with van der Waals surface area (Å²) in [6, 6.07) is 13.1. The zero-order valence-corrected chi connectivity index (χ0v) is 16.7. The lowest BCUT2D eigenvalue weighted by molar-refractivity contribution is -0.117. The number of nitrogens with zero attached hydrogens (tertiary/aromatic N) is 3. The van der Waals surface area contributed by atoms with Crippen LogP contribution in [0.15, 0.2) is 70.1 Å². The highest BCUT2D eigenvalue weighted by Gasteiger charge is 2.35. The molecule has 2 heterocycles. The van der Waals surface area contributed by atoms with Crippen molar-refractivity contribution >= 4 is 34.8 Å². The molecule has 2 aromatic carbocycles. The summed E-state index contributed by atoms with van der Waals surface area (Å²) in [6.07, 6.45) is 1.48. The van der Waals surface area contributed by atoms with Crippen molar-refractivity contribution in [1.82, 2.24) is 10.2 Å². The highest BCUT2D eigenvalue weighted by atomic mass is 35.5. The first-order valence-electron chi connectivity index (χ1n) is 9.45. The van der Waals surface area contributed by atoms with Crippen LogP contribution >= 0.6 is 11.6 Å². The van der Waals surface area contributed by atoms with E-state index in [1.807, 2.05) is 0 Å². The lowest BCUT2D eigenvalue weighted by Gasteiger charge is -2.20. The van der Waals surface area contributed by atoms with Crippen LogP contribution in [0.3, 0.4) is 0 Å². The number of allylic oxidation sites excluding steroid dienone is 2. The molecule has 1 fully saturated rings. The van der Waals surface area contributed by atoms with Crippen molar-refractivity contribution < 1.29 is 23.5 Å². The van der Waals surface area contributed by atoms with E-state index in [1.54, 1.807) is 53.4 Å². The van der Waals surface area contributed by atoms with Gasteiger partial charge in [0, 0.05) is 35.8 Å². The van der Waals surface area contributed by atoms with Gasteiger partial charge in [-0.15, -0.1) is 10.2 Å². The zero-order chi connectivity index (χ0) is 21.5. The van der Waals surface area contributed by atoms with Crippen LogP contribution in [-0.4, -0.2) is 34.2 Å². The average molecular weight is 436 g/mol. The highest BCUT2D eigenvalue weighted by molar-refractivity contribution is 6.49. The molecule has 0 saturated carbocycles. The van der Waals surface area contributed by atoms with Crippen molar-refractivity contribution in [2.45, 2.75) is 12.3 Å².